The molecule has 18 heavy (non-hydrogen) atoms. The molecule has 3 heteroatoms. The summed E-state index contributed by atoms with van der Waals surface area (Å²) in [5.41, 5.74) is 0. The summed E-state index contributed by atoms with van der Waals surface area (Å²) in [7, 11) is 0. The highest BCUT2D eigenvalue weighted by atomic mass is 16.2. The van der Waals surface area contributed by atoms with Crippen molar-refractivity contribution in [3.05, 3.63) is 0 Å². The van der Waals surface area contributed by atoms with E-state index in [0.29, 0.717) is 31.2 Å². The number of Topliss-reactive ketones (excluding diaryl/α,β-unsaturated/α-hetero) is 1. The van der Waals surface area contributed by atoms with Crippen molar-refractivity contribution in [2.45, 2.75) is 52.4 Å². The highest BCUT2D eigenvalue weighted by Crippen LogP contribution is 2.30. The molecular formula is C15H25NO2. The zero-order valence-corrected chi connectivity index (χ0v) is 11.7. The van der Waals surface area contributed by atoms with Gasteiger partial charge in [0.25, 0.3) is 0 Å². The van der Waals surface area contributed by atoms with E-state index in [1.807, 2.05) is 11.8 Å². The maximum atomic E-state index is 12.4. The standard InChI is InChI=1S/C15H25NO2/c1-3-12-10-16(9-8-14(12)17)15(18)13-6-4-11(2)5-7-13/h11-13H,3-10H2,1-2H3. The smallest absolute Gasteiger partial charge is 0.225 e. The fourth-order valence-corrected chi connectivity index (χ4v) is 3.23. The van der Waals surface area contributed by atoms with Crippen molar-refractivity contribution in [1.82, 2.24) is 4.90 Å². The number of ketones is 1. The minimum atomic E-state index is 0.0882. The van der Waals surface area contributed by atoms with Crippen molar-refractivity contribution < 1.29 is 9.59 Å². The lowest BCUT2D eigenvalue weighted by Crippen LogP contribution is -2.46. The molecule has 0 radical (unpaired) electrons. The maximum absolute atomic E-state index is 12.4. The van der Waals surface area contributed by atoms with Crippen LogP contribution in [-0.4, -0.2) is 29.7 Å². The molecule has 1 aliphatic heterocycles. The van der Waals surface area contributed by atoms with E-state index in [2.05, 4.69) is 6.92 Å². The van der Waals surface area contributed by atoms with E-state index < -0.39 is 0 Å². The van der Waals surface area contributed by atoms with Crippen LogP contribution >= 0.6 is 0 Å². The van der Waals surface area contributed by atoms with Gasteiger partial charge in [0.05, 0.1) is 0 Å². The third-order valence-electron chi connectivity index (χ3n) is 4.69. The number of piperidine rings is 1. The molecule has 0 N–H and O–H groups in total. The van der Waals surface area contributed by atoms with Gasteiger partial charge in [0.15, 0.2) is 0 Å². The molecule has 0 aromatic heterocycles. The van der Waals surface area contributed by atoms with Crippen molar-refractivity contribution in [1.29, 1.82) is 0 Å². The largest absolute Gasteiger partial charge is 0.341 e. The zero-order valence-electron chi connectivity index (χ0n) is 11.7. The first-order valence-electron chi connectivity index (χ1n) is 7.43. The van der Waals surface area contributed by atoms with Gasteiger partial charge in [0.2, 0.25) is 5.91 Å². The van der Waals surface area contributed by atoms with Crippen LogP contribution in [0, 0.1) is 17.8 Å². The molecule has 1 atom stereocenters. The molecule has 0 aromatic carbocycles. The quantitative estimate of drug-likeness (QED) is 0.756. The summed E-state index contributed by atoms with van der Waals surface area (Å²) in [5.74, 6) is 1.75. The van der Waals surface area contributed by atoms with Gasteiger partial charge < -0.3 is 4.90 Å². The lowest BCUT2D eigenvalue weighted by molar-refractivity contribution is -0.141. The molecule has 0 spiro atoms. The molecule has 1 amide bonds. The summed E-state index contributed by atoms with van der Waals surface area (Å²) < 4.78 is 0. The van der Waals surface area contributed by atoms with Crippen molar-refractivity contribution >= 4 is 11.7 Å². The van der Waals surface area contributed by atoms with E-state index in [1.54, 1.807) is 0 Å². The first kappa shape index (κ1) is 13.6. The monoisotopic (exact) mass is 251 g/mol. The second kappa shape index (κ2) is 5.85. The summed E-state index contributed by atoms with van der Waals surface area (Å²) in [6.45, 7) is 5.63. The highest BCUT2D eigenvalue weighted by Gasteiger charge is 2.33. The predicted octanol–water partition coefficient (Wildman–Crippen LogP) is 2.64. The molecule has 3 nitrogen and oxygen atoms in total. The Kier molecular flexibility index (Phi) is 4.41. The Morgan fingerprint density at radius 2 is 1.94 bits per heavy atom. The molecule has 1 heterocycles. The molecule has 2 aliphatic rings. The summed E-state index contributed by atoms with van der Waals surface area (Å²) in [6, 6.07) is 0. The molecular weight excluding hydrogens is 226 g/mol. The van der Waals surface area contributed by atoms with Gasteiger partial charge in [-0.2, -0.15) is 0 Å². The molecule has 2 fully saturated rings. The van der Waals surface area contributed by atoms with Gasteiger partial charge in [-0.1, -0.05) is 13.8 Å². The predicted molar refractivity (Wildman–Crippen MR) is 71.1 cm³/mol. The number of rotatable bonds is 2. The van der Waals surface area contributed by atoms with Crippen LogP contribution in [0.1, 0.15) is 52.4 Å². The van der Waals surface area contributed by atoms with Crippen LogP contribution in [0.4, 0.5) is 0 Å². The number of amides is 1. The van der Waals surface area contributed by atoms with Gasteiger partial charge in [0.1, 0.15) is 5.78 Å². The number of carbonyl (C=O) groups excluding carboxylic acids is 2. The van der Waals surface area contributed by atoms with E-state index in [4.69, 9.17) is 0 Å². The molecule has 102 valence electrons. The van der Waals surface area contributed by atoms with Gasteiger partial charge in [-0.3, -0.25) is 9.59 Å². The first-order valence-corrected chi connectivity index (χ1v) is 7.43. The van der Waals surface area contributed by atoms with Crippen molar-refractivity contribution in [3.63, 3.8) is 0 Å². The topological polar surface area (TPSA) is 37.4 Å². The second-order valence-electron chi connectivity index (χ2n) is 6.06. The van der Waals surface area contributed by atoms with Crippen LogP contribution in [0.2, 0.25) is 0 Å². The van der Waals surface area contributed by atoms with E-state index >= 15 is 0 Å². The van der Waals surface area contributed by atoms with Crippen molar-refractivity contribution in [2.75, 3.05) is 13.1 Å². The minimum absolute atomic E-state index is 0.0882. The average molecular weight is 251 g/mol. The van der Waals surface area contributed by atoms with Crippen molar-refractivity contribution in [3.8, 4) is 0 Å². The summed E-state index contributed by atoms with van der Waals surface area (Å²) in [4.78, 5) is 26.1. The first-order chi connectivity index (χ1) is 8.61. The number of hydrogen-bond acceptors (Lipinski definition) is 2. The molecule has 1 unspecified atom stereocenters. The van der Waals surface area contributed by atoms with Gasteiger partial charge in [-0.05, 0) is 38.0 Å². The van der Waals surface area contributed by atoms with Crippen LogP contribution in [0.3, 0.4) is 0 Å². The second-order valence-corrected chi connectivity index (χ2v) is 6.06. The molecule has 1 saturated carbocycles. The van der Waals surface area contributed by atoms with Gasteiger partial charge in [-0.25, -0.2) is 0 Å². The van der Waals surface area contributed by atoms with Crippen LogP contribution in [-0.2, 0) is 9.59 Å². The Morgan fingerprint density at radius 3 is 2.56 bits per heavy atom. The third-order valence-corrected chi connectivity index (χ3v) is 4.69. The Labute approximate surface area is 110 Å². The normalized spacial score (nSPS) is 33.6. The third kappa shape index (κ3) is 2.93. The highest BCUT2D eigenvalue weighted by molar-refractivity contribution is 5.86. The van der Waals surface area contributed by atoms with Crippen LogP contribution in [0.15, 0.2) is 0 Å². The number of carbonyl (C=O) groups is 2. The summed E-state index contributed by atoms with van der Waals surface area (Å²) in [6.07, 6.45) is 5.88. The Hall–Kier alpha value is -0.860. The minimum Gasteiger partial charge on any atom is -0.341 e. The molecule has 1 saturated heterocycles. The molecule has 2 rings (SSSR count). The zero-order chi connectivity index (χ0) is 13.1. The Morgan fingerprint density at radius 1 is 1.28 bits per heavy atom. The summed E-state index contributed by atoms with van der Waals surface area (Å²) in [5, 5.41) is 0. The van der Waals surface area contributed by atoms with E-state index in [1.165, 1.54) is 12.8 Å². The SMILES string of the molecule is CCC1CN(C(=O)C2CCC(C)CC2)CCC1=O. The van der Waals surface area contributed by atoms with Crippen LogP contribution in [0.25, 0.3) is 0 Å². The van der Waals surface area contributed by atoms with Gasteiger partial charge in [0, 0.05) is 31.3 Å². The summed E-state index contributed by atoms with van der Waals surface area (Å²) >= 11 is 0. The van der Waals surface area contributed by atoms with Gasteiger partial charge >= 0.3 is 0 Å². The van der Waals surface area contributed by atoms with Crippen LogP contribution < -0.4 is 0 Å². The Bertz CT molecular complexity index is 318. The van der Waals surface area contributed by atoms with Crippen LogP contribution in [0.5, 0.6) is 0 Å². The maximum Gasteiger partial charge on any atom is 0.225 e. The van der Waals surface area contributed by atoms with Gasteiger partial charge in [-0.15, -0.1) is 0 Å². The molecule has 0 aromatic rings. The fourth-order valence-electron chi connectivity index (χ4n) is 3.23. The van der Waals surface area contributed by atoms with E-state index in [0.717, 1.165) is 25.2 Å². The fraction of sp³-hybridized carbons (Fsp3) is 0.867. The molecule has 1 aliphatic carbocycles. The number of nitrogens with zero attached hydrogens (tertiary/aromatic N) is 1. The molecule has 0 bridgehead atoms. The van der Waals surface area contributed by atoms with E-state index in [9.17, 15) is 9.59 Å². The number of hydrogen-bond donors (Lipinski definition) is 0. The Balaban J connectivity index is 1.91. The average Bonchev–Trinajstić information content (AvgIpc) is 2.39. The number of likely N-dealkylation sites (tertiary alicyclic amines) is 1. The van der Waals surface area contributed by atoms with E-state index in [-0.39, 0.29) is 11.8 Å². The lowest BCUT2D eigenvalue weighted by Gasteiger charge is -2.35. The lowest BCUT2D eigenvalue weighted by atomic mass is 9.81. The van der Waals surface area contributed by atoms with Crippen molar-refractivity contribution in [2.24, 2.45) is 17.8 Å².